The predicted octanol–water partition coefficient (Wildman–Crippen LogP) is 2.96. The van der Waals surface area contributed by atoms with Gasteiger partial charge in [-0.15, -0.1) is 0 Å². The third-order valence-corrected chi connectivity index (χ3v) is 7.60. The molecule has 2 fully saturated rings. The third-order valence-electron chi connectivity index (χ3n) is 7.60. The zero-order valence-electron chi connectivity index (χ0n) is 20.1. The van der Waals surface area contributed by atoms with Crippen LogP contribution in [0, 0.1) is 25.7 Å². The summed E-state index contributed by atoms with van der Waals surface area (Å²) >= 11 is 0. The number of aromatic nitrogens is 2. The zero-order chi connectivity index (χ0) is 24.3. The Hall–Kier alpha value is -3.81. The van der Waals surface area contributed by atoms with Crippen molar-refractivity contribution in [2.24, 2.45) is 11.8 Å². The molecule has 180 valence electrons. The number of nitrogens with one attached hydrogen (secondary N) is 2. The minimum Gasteiger partial charge on any atom is -0.384 e. The van der Waals surface area contributed by atoms with Crippen LogP contribution in [-0.2, 0) is 31.0 Å². The van der Waals surface area contributed by atoms with Crippen molar-refractivity contribution in [1.82, 2.24) is 19.8 Å². The van der Waals surface area contributed by atoms with E-state index in [9.17, 15) is 9.59 Å². The van der Waals surface area contributed by atoms with Gasteiger partial charge in [0.2, 0.25) is 5.91 Å². The first-order valence-electron chi connectivity index (χ1n) is 12.2. The lowest BCUT2D eigenvalue weighted by Crippen LogP contribution is -2.27. The first kappa shape index (κ1) is 21.7. The van der Waals surface area contributed by atoms with Gasteiger partial charge in [-0.05, 0) is 66.6 Å². The van der Waals surface area contributed by atoms with Crippen molar-refractivity contribution >= 4 is 23.3 Å². The van der Waals surface area contributed by atoms with Crippen molar-refractivity contribution < 1.29 is 9.59 Å². The van der Waals surface area contributed by atoms with E-state index in [-0.39, 0.29) is 5.91 Å². The first-order chi connectivity index (χ1) is 16.9. The highest BCUT2D eigenvalue weighted by molar-refractivity contribution is 5.94. The molecule has 35 heavy (non-hydrogen) atoms. The van der Waals surface area contributed by atoms with E-state index in [2.05, 4.69) is 38.4 Å². The van der Waals surface area contributed by atoms with Gasteiger partial charge in [-0.25, -0.2) is 4.98 Å². The van der Waals surface area contributed by atoms with Gasteiger partial charge in [0, 0.05) is 55.4 Å². The van der Waals surface area contributed by atoms with Gasteiger partial charge in [-0.1, -0.05) is 12.1 Å². The number of aryl methyl sites for hydroxylation is 2. The Labute approximate surface area is 204 Å². The molecule has 3 aliphatic rings. The summed E-state index contributed by atoms with van der Waals surface area (Å²) in [5.41, 5.74) is 13.8. The maximum Gasteiger partial charge on any atom is 0.253 e. The number of nitrogen functional groups attached to an aromatic ring is 1. The van der Waals surface area contributed by atoms with Gasteiger partial charge in [0.25, 0.3) is 5.91 Å². The summed E-state index contributed by atoms with van der Waals surface area (Å²) in [6.07, 6.45) is 3.00. The van der Waals surface area contributed by atoms with Gasteiger partial charge in [0.05, 0.1) is 12.1 Å². The molecule has 1 aliphatic carbocycles. The van der Waals surface area contributed by atoms with E-state index >= 15 is 0 Å². The Morgan fingerprint density at radius 3 is 2.89 bits per heavy atom. The fourth-order valence-electron chi connectivity index (χ4n) is 5.52. The monoisotopic (exact) mass is 470 g/mol. The van der Waals surface area contributed by atoms with Crippen LogP contribution >= 0.6 is 0 Å². The smallest absolute Gasteiger partial charge is 0.253 e. The van der Waals surface area contributed by atoms with Gasteiger partial charge in [-0.3, -0.25) is 9.59 Å². The number of anilines is 2. The molecule has 8 nitrogen and oxygen atoms in total. The standard InChI is InChI=1S/C27H30N6O2/c1-15-5-25(28)31-16(2)23(15)10-30-26(34)20-7-21-9-29-24-6-17(3-4-18(24)12-32(21)14-20)11-33-13-19-8-22(19)27(33)35/h3-7,14,19,22,29H,8-13H2,1-2H3,(H2,28,31)(H,30,34). The van der Waals surface area contributed by atoms with E-state index in [0.717, 1.165) is 46.7 Å². The topological polar surface area (TPSA) is 105 Å². The summed E-state index contributed by atoms with van der Waals surface area (Å²) in [6, 6.07) is 10.2. The number of pyridine rings is 1. The van der Waals surface area contributed by atoms with Crippen molar-refractivity contribution in [1.29, 1.82) is 0 Å². The second-order valence-corrected chi connectivity index (χ2v) is 10.1. The lowest BCUT2D eigenvalue weighted by molar-refractivity contribution is -0.130. The molecule has 4 heterocycles. The number of carbonyl (C=O) groups excluding carboxylic acids is 2. The van der Waals surface area contributed by atoms with Crippen molar-refractivity contribution in [3.05, 3.63) is 75.7 Å². The largest absolute Gasteiger partial charge is 0.384 e. The van der Waals surface area contributed by atoms with Crippen LogP contribution < -0.4 is 16.4 Å². The Bertz CT molecular complexity index is 1340. The van der Waals surface area contributed by atoms with Gasteiger partial charge in [-0.2, -0.15) is 0 Å². The fourth-order valence-corrected chi connectivity index (χ4v) is 5.52. The Morgan fingerprint density at radius 2 is 2.11 bits per heavy atom. The Morgan fingerprint density at radius 1 is 1.26 bits per heavy atom. The minimum atomic E-state index is -0.106. The summed E-state index contributed by atoms with van der Waals surface area (Å²) in [4.78, 5) is 31.5. The number of nitrogens with two attached hydrogens (primary N) is 1. The molecule has 0 radical (unpaired) electrons. The second-order valence-electron chi connectivity index (χ2n) is 10.1. The number of carbonyl (C=O) groups is 2. The molecule has 2 atom stereocenters. The summed E-state index contributed by atoms with van der Waals surface area (Å²) in [5, 5.41) is 6.56. The molecule has 2 aliphatic heterocycles. The maximum atomic E-state index is 12.9. The van der Waals surface area contributed by atoms with E-state index in [4.69, 9.17) is 5.73 Å². The molecule has 1 saturated heterocycles. The number of fused-ring (bicyclic) bond motifs is 3. The number of nitrogens with zero attached hydrogens (tertiary/aromatic N) is 3. The van der Waals surface area contributed by atoms with Crippen LogP contribution in [0.1, 0.15) is 50.4 Å². The average Bonchev–Trinajstić information content (AvgIpc) is 3.42. The minimum absolute atomic E-state index is 0.106. The predicted molar refractivity (Wildman–Crippen MR) is 134 cm³/mol. The Kier molecular flexibility index (Phi) is 5.05. The first-order valence-corrected chi connectivity index (χ1v) is 12.2. The molecular formula is C27H30N6O2. The number of likely N-dealkylation sites (tertiary alicyclic amines) is 1. The van der Waals surface area contributed by atoms with Crippen LogP contribution in [0.15, 0.2) is 36.5 Å². The fraction of sp³-hybridized carbons (Fsp3) is 0.370. The van der Waals surface area contributed by atoms with Crippen molar-refractivity contribution in [3.8, 4) is 0 Å². The van der Waals surface area contributed by atoms with Crippen LogP contribution in [0.25, 0.3) is 0 Å². The molecular weight excluding hydrogens is 440 g/mol. The molecule has 2 aromatic heterocycles. The third kappa shape index (κ3) is 4.03. The van der Waals surface area contributed by atoms with Gasteiger partial charge < -0.3 is 25.8 Å². The van der Waals surface area contributed by atoms with E-state index in [0.29, 0.717) is 55.3 Å². The number of hydrogen-bond donors (Lipinski definition) is 3. The van der Waals surface area contributed by atoms with Gasteiger partial charge in [0.1, 0.15) is 5.82 Å². The van der Waals surface area contributed by atoms with Crippen LogP contribution in [0.4, 0.5) is 11.5 Å². The number of hydrogen-bond acceptors (Lipinski definition) is 5. The molecule has 2 unspecified atom stereocenters. The van der Waals surface area contributed by atoms with Crippen LogP contribution in [-0.4, -0.2) is 32.8 Å². The molecule has 6 rings (SSSR count). The average molecular weight is 471 g/mol. The van der Waals surface area contributed by atoms with E-state index in [1.54, 1.807) is 0 Å². The van der Waals surface area contributed by atoms with E-state index in [1.165, 1.54) is 5.56 Å². The number of amides is 2. The molecule has 1 saturated carbocycles. The molecule has 3 aromatic rings. The number of benzene rings is 1. The molecule has 0 bridgehead atoms. The zero-order valence-corrected chi connectivity index (χ0v) is 20.1. The summed E-state index contributed by atoms with van der Waals surface area (Å²) in [6.45, 7) is 7.21. The molecule has 2 amide bonds. The lowest BCUT2D eigenvalue weighted by Gasteiger charge is -2.19. The summed E-state index contributed by atoms with van der Waals surface area (Å²) in [7, 11) is 0. The Balaban J connectivity index is 1.13. The maximum absolute atomic E-state index is 12.9. The highest BCUT2D eigenvalue weighted by Crippen LogP contribution is 2.46. The quantitative estimate of drug-likeness (QED) is 0.532. The summed E-state index contributed by atoms with van der Waals surface area (Å²) < 4.78 is 2.13. The molecule has 8 heteroatoms. The normalized spacial score (nSPS) is 19.9. The van der Waals surface area contributed by atoms with Gasteiger partial charge in [0.15, 0.2) is 0 Å². The number of rotatable bonds is 5. The van der Waals surface area contributed by atoms with Gasteiger partial charge >= 0.3 is 0 Å². The lowest BCUT2D eigenvalue weighted by atomic mass is 10.1. The SMILES string of the molecule is Cc1cc(N)nc(C)c1CNC(=O)c1cc2n(c1)Cc1ccc(CN3CC4CC4C3=O)cc1NC2. The highest BCUT2D eigenvalue weighted by Gasteiger charge is 2.51. The van der Waals surface area contributed by atoms with Crippen molar-refractivity contribution in [2.45, 2.75) is 46.4 Å². The van der Waals surface area contributed by atoms with Crippen molar-refractivity contribution in [3.63, 3.8) is 0 Å². The summed E-state index contributed by atoms with van der Waals surface area (Å²) in [5.74, 6) is 1.59. The van der Waals surface area contributed by atoms with E-state index in [1.807, 2.05) is 37.1 Å². The van der Waals surface area contributed by atoms with Crippen LogP contribution in [0.3, 0.4) is 0 Å². The number of piperidine rings is 1. The second kappa shape index (κ2) is 8.15. The molecule has 0 spiro atoms. The van der Waals surface area contributed by atoms with Crippen LogP contribution in [0.5, 0.6) is 0 Å². The molecule has 1 aromatic carbocycles. The van der Waals surface area contributed by atoms with E-state index < -0.39 is 0 Å². The van der Waals surface area contributed by atoms with Crippen LogP contribution in [0.2, 0.25) is 0 Å². The molecule has 4 N–H and O–H groups in total. The van der Waals surface area contributed by atoms with Crippen molar-refractivity contribution in [2.75, 3.05) is 17.6 Å². The highest BCUT2D eigenvalue weighted by atomic mass is 16.2.